The second kappa shape index (κ2) is 24.1. The second-order valence-electron chi connectivity index (χ2n) is 7.95. The Labute approximate surface area is 257 Å². The molecule has 5 rings (SSSR count). The standard InChI is InChI=1S/2C13H13N.C5H5N.C2H5.2ClH.Fe/c2*14-13-9-5-4-8-12(13)10-11-6-2-1-3-7-11;1-2-4-6-5-3-1;1-2;;;/h2*1-8,14H,9-10H2;1-5H;1H2,2H3;2*1H;/q;;;-1;;;+3/p-2. The van der Waals surface area contributed by atoms with Crippen molar-refractivity contribution in [2.24, 2.45) is 0 Å². The third kappa shape index (κ3) is 15.9. The average molecular weight is 601 g/mol. The van der Waals surface area contributed by atoms with Gasteiger partial charge in [0.1, 0.15) is 0 Å². The summed E-state index contributed by atoms with van der Waals surface area (Å²) in [5.41, 5.74) is 6.32. The molecule has 3 nitrogen and oxygen atoms in total. The quantitative estimate of drug-likeness (QED) is 0.350. The zero-order valence-corrected chi connectivity index (χ0v) is 24.8. The topological polar surface area (TPSA) is 60.6 Å². The largest absolute Gasteiger partial charge is 3.00 e. The fraction of sp³-hybridized carbons (Fsp3) is 0.152. The first-order valence-electron chi connectivity index (χ1n) is 12.2. The Morgan fingerprint density at radius 1 is 0.615 bits per heavy atom. The molecule has 0 saturated heterocycles. The molecule has 0 aliphatic heterocycles. The van der Waals surface area contributed by atoms with E-state index in [0.717, 1.165) is 48.3 Å². The third-order valence-corrected chi connectivity index (χ3v) is 5.33. The van der Waals surface area contributed by atoms with E-state index in [4.69, 9.17) is 10.8 Å². The number of hydrogen-bond acceptors (Lipinski definition) is 3. The van der Waals surface area contributed by atoms with E-state index >= 15 is 0 Å². The molecule has 0 bridgehead atoms. The van der Waals surface area contributed by atoms with Crippen molar-refractivity contribution in [1.82, 2.24) is 4.98 Å². The van der Waals surface area contributed by atoms with Crippen LogP contribution in [0.2, 0.25) is 0 Å². The number of allylic oxidation sites excluding steroid dienone is 8. The van der Waals surface area contributed by atoms with Gasteiger partial charge in [0.25, 0.3) is 0 Å². The van der Waals surface area contributed by atoms with Crippen LogP contribution in [0.15, 0.2) is 139 Å². The van der Waals surface area contributed by atoms with E-state index < -0.39 is 0 Å². The average Bonchev–Trinajstić information content (AvgIpc) is 2.95. The number of halogens is 2. The van der Waals surface area contributed by atoms with Crippen molar-refractivity contribution in [3.05, 3.63) is 157 Å². The molecular weight excluding hydrogens is 565 g/mol. The van der Waals surface area contributed by atoms with Gasteiger partial charge in [-0.3, -0.25) is 4.98 Å². The van der Waals surface area contributed by atoms with Crippen LogP contribution in [-0.2, 0) is 29.9 Å². The van der Waals surface area contributed by atoms with Crippen molar-refractivity contribution < 1.29 is 41.9 Å². The Balaban J connectivity index is 0. The Bertz CT molecular complexity index is 1070. The van der Waals surface area contributed by atoms with E-state index in [-0.39, 0.29) is 41.9 Å². The SMILES string of the molecule is N=C1CC=CC=C1Cc1ccccc1.N=C1CC=CC=C1Cc1ccccc1.[CH2-]C.[Cl-].[Cl-].[Fe+3].c1ccncc1. The maximum atomic E-state index is 7.78. The summed E-state index contributed by atoms with van der Waals surface area (Å²) in [6.45, 7) is 5.00. The van der Waals surface area contributed by atoms with E-state index in [2.05, 4.69) is 36.2 Å². The molecule has 0 amide bonds. The first-order chi connectivity index (χ1) is 17.7. The van der Waals surface area contributed by atoms with Gasteiger partial charge >= 0.3 is 17.1 Å². The van der Waals surface area contributed by atoms with Crippen LogP contribution < -0.4 is 24.8 Å². The fourth-order valence-electron chi connectivity index (χ4n) is 3.48. The number of aromatic nitrogens is 1. The van der Waals surface area contributed by atoms with Crippen LogP contribution in [0, 0.1) is 17.7 Å². The van der Waals surface area contributed by atoms with Gasteiger partial charge in [-0.15, -0.1) is 0 Å². The van der Waals surface area contributed by atoms with Gasteiger partial charge in [0.15, 0.2) is 0 Å². The van der Waals surface area contributed by atoms with Crippen LogP contribution >= 0.6 is 0 Å². The second-order valence-corrected chi connectivity index (χ2v) is 7.95. The molecular formula is C33H36Cl2FeN3. The van der Waals surface area contributed by atoms with Gasteiger partial charge < -0.3 is 42.6 Å². The van der Waals surface area contributed by atoms with E-state index in [0.29, 0.717) is 0 Å². The zero-order chi connectivity index (χ0) is 25.8. The number of rotatable bonds is 4. The van der Waals surface area contributed by atoms with Gasteiger partial charge in [-0.1, -0.05) is 103 Å². The Hall–Kier alpha value is -3.01. The summed E-state index contributed by atoms with van der Waals surface area (Å²) in [7, 11) is 0. The van der Waals surface area contributed by atoms with E-state index in [9.17, 15) is 0 Å². The summed E-state index contributed by atoms with van der Waals surface area (Å²) in [5.74, 6) is 0. The summed E-state index contributed by atoms with van der Waals surface area (Å²) in [5, 5.41) is 15.6. The number of benzene rings is 2. The van der Waals surface area contributed by atoms with E-state index in [1.54, 1.807) is 19.3 Å². The van der Waals surface area contributed by atoms with Gasteiger partial charge in [-0.05, 0) is 47.2 Å². The third-order valence-electron chi connectivity index (χ3n) is 5.33. The first-order valence-corrected chi connectivity index (χ1v) is 12.2. The molecule has 39 heavy (non-hydrogen) atoms. The van der Waals surface area contributed by atoms with Crippen molar-refractivity contribution >= 4 is 11.4 Å². The molecule has 0 fully saturated rings. The molecule has 0 saturated carbocycles. The molecule has 1 radical (unpaired) electrons. The minimum atomic E-state index is 0. The smallest absolute Gasteiger partial charge is 1.00 e. The van der Waals surface area contributed by atoms with Crippen LogP contribution in [0.25, 0.3) is 0 Å². The van der Waals surface area contributed by atoms with Crippen LogP contribution in [0.1, 0.15) is 30.9 Å². The Morgan fingerprint density at radius 2 is 0.974 bits per heavy atom. The number of nitrogens with one attached hydrogen (secondary N) is 2. The summed E-state index contributed by atoms with van der Waals surface area (Å²) in [6.07, 6.45) is 19.0. The summed E-state index contributed by atoms with van der Waals surface area (Å²) in [6, 6.07) is 26.3. The first kappa shape index (κ1) is 38.1. The van der Waals surface area contributed by atoms with Gasteiger partial charge in [0, 0.05) is 36.7 Å². The van der Waals surface area contributed by atoms with Gasteiger partial charge in [-0.2, -0.15) is 6.92 Å². The van der Waals surface area contributed by atoms with Crippen LogP contribution in [0.5, 0.6) is 0 Å². The van der Waals surface area contributed by atoms with Crippen molar-refractivity contribution in [1.29, 1.82) is 10.8 Å². The van der Waals surface area contributed by atoms with E-state index in [1.165, 1.54) is 11.1 Å². The van der Waals surface area contributed by atoms with Gasteiger partial charge in [0.05, 0.1) is 0 Å². The van der Waals surface area contributed by atoms with Crippen molar-refractivity contribution in [2.75, 3.05) is 0 Å². The molecule has 1 heterocycles. The predicted molar refractivity (Wildman–Crippen MR) is 155 cm³/mol. The molecule has 205 valence electrons. The Kier molecular flexibility index (Phi) is 23.5. The number of hydrogen-bond donors (Lipinski definition) is 2. The summed E-state index contributed by atoms with van der Waals surface area (Å²) >= 11 is 0. The van der Waals surface area contributed by atoms with Gasteiger partial charge in [-0.25, -0.2) is 0 Å². The zero-order valence-electron chi connectivity index (χ0n) is 22.2. The molecule has 2 aromatic carbocycles. The predicted octanol–water partition coefficient (Wildman–Crippen LogP) is 2.20. The summed E-state index contributed by atoms with van der Waals surface area (Å²) in [4.78, 5) is 3.78. The number of nitrogens with zero attached hydrogens (tertiary/aromatic N) is 1. The molecule has 2 N–H and O–H groups in total. The maximum Gasteiger partial charge on any atom is 3.00 e. The molecule has 0 atom stereocenters. The summed E-state index contributed by atoms with van der Waals surface area (Å²) < 4.78 is 0. The molecule has 0 spiro atoms. The van der Waals surface area contributed by atoms with E-state index in [1.807, 2.05) is 91.1 Å². The Morgan fingerprint density at radius 3 is 1.26 bits per heavy atom. The maximum absolute atomic E-state index is 7.78. The normalized spacial score (nSPS) is 12.5. The molecule has 2 aliphatic rings. The molecule has 0 unspecified atom stereocenters. The number of pyridine rings is 1. The van der Waals surface area contributed by atoms with Crippen molar-refractivity contribution in [2.45, 2.75) is 32.6 Å². The molecule has 6 heteroatoms. The van der Waals surface area contributed by atoms with Crippen LogP contribution in [0.4, 0.5) is 0 Å². The van der Waals surface area contributed by atoms with Crippen LogP contribution in [-0.4, -0.2) is 16.4 Å². The van der Waals surface area contributed by atoms with Crippen LogP contribution in [0.3, 0.4) is 0 Å². The van der Waals surface area contributed by atoms with Crippen molar-refractivity contribution in [3.63, 3.8) is 0 Å². The molecule has 3 aromatic rings. The minimum absolute atomic E-state index is 0. The minimum Gasteiger partial charge on any atom is -1.00 e. The van der Waals surface area contributed by atoms with Gasteiger partial charge in [0.2, 0.25) is 0 Å². The fourth-order valence-corrected chi connectivity index (χ4v) is 3.48. The van der Waals surface area contributed by atoms with Crippen molar-refractivity contribution in [3.8, 4) is 0 Å². The monoisotopic (exact) mass is 600 g/mol. The molecule has 2 aliphatic carbocycles. The molecule has 1 aromatic heterocycles.